The molecule has 1 N–H and O–H groups in total. The summed E-state index contributed by atoms with van der Waals surface area (Å²) < 4.78 is 56.0. The van der Waals surface area contributed by atoms with Crippen molar-refractivity contribution in [1.82, 2.24) is 4.72 Å². The maximum atomic E-state index is 12.6. The van der Waals surface area contributed by atoms with Gasteiger partial charge in [0.2, 0.25) is 0 Å². The lowest BCUT2D eigenvalue weighted by Crippen LogP contribution is -2.48. The summed E-state index contributed by atoms with van der Waals surface area (Å²) in [5.41, 5.74) is -2.25. The van der Waals surface area contributed by atoms with Crippen LogP contribution in [0.15, 0.2) is 0 Å². The average molecular weight is 300 g/mol. The number of ether oxygens (including phenoxy) is 1. The van der Waals surface area contributed by atoms with Crippen molar-refractivity contribution in [2.45, 2.75) is 50.5 Å². The van der Waals surface area contributed by atoms with E-state index in [2.05, 4.69) is 4.72 Å². The molecule has 0 amide bonds. The number of nitrogens with zero attached hydrogens (tertiary/aromatic N) is 1. The van der Waals surface area contributed by atoms with Gasteiger partial charge < -0.3 is 9.29 Å². The molecule has 0 aliphatic carbocycles. The normalized spacial score (nSPS) is 18.7. The van der Waals surface area contributed by atoms with E-state index in [0.717, 1.165) is 6.92 Å². The molecule has 0 rings (SSSR count). The Morgan fingerprint density at radius 1 is 1.37 bits per heavy atom. The number of rotatable bonds is 7. The van der Waals surface area contributed by atoms with Crippen LogP contribution in [0.3, 0.4) is 0 Å². The van der Waals surface area contributed by atoms with E-state index in [9.17, 15) is 17.7 Å². The molecular formula is C11H19F3N2O2S. The molecule has 0 saturated carbocycles. The lowest BCUT2D eigenvalue weighted by molar-refractivity contribution is -0.140. The predicted octanol–water partition coefficient (Wildman–Crippen LogP) is 1.94. The number of hydrogen-bond acceptors (Lipinski definition) is 4. The molecule has 0 fully saturated rings. The van der Waals surface area contributed by atoms with E-state index in [1.165, 1.54) is 0 Å². The Labute approximate surface area is 114 Å². The van der Waals surface area contributed by atoms with Crippen LogP contribution in [0.25, 0.3) is 0 Å². The fourth-order valence-corrected chi connectivity index (χ4v) is 1.57. The lowest BCUT2D eigenvalue weighted by Gasteiger charge is -2.29. The van der Waals surface area contributed by atoms with Crippen molar-refractivity contribution in [2.75, 3.05) is 13.3 Å². The highest BCUT2D eigenvalue weighted by molar-refractivity contribution is 7.90. The first kappa shape index (κ1) is 18.5. The number of nitriles is 1. The van der Waals surface area contributed by atoms with Crippen molar-refractivity contribution in [2.24, 2.45) is 0 Å². The van der Waals surface area contributed by atoms with Gasteiger partial charge in [0.05, 0.1) is 12.7 Å². The van der Waals surface area contributed by atoms with Crippen LogP contribution in [-0.4, -0.2) is 40.6 Å². The maximum Gasteiger partial charge on any atom is 0.269 e. The zero-order valence-corrected chi connectivity index (χ0v) is 12.2. The molecule has 0 saturated heterocycles. The van der Waals surface area contributed by atoms with Gasteiger partial charge in [0, 0.05) is 11.4 Å². The second kappa shape index (κ2) is 7.33. The van der Waals surface area contributed by atoms with Gasteiger partial charge in [0.25, 0.3) is 6.43 Å². The molecule has 0 aromatic rings. The fraction of sp³-hybridized carbons (Fsp3) is 0.909. The van der Waals surface area contributed by atoms with E-state index in [0.29, 0.717) is 0 Å². The van der Waals surface area contributed by atoms with Gasteiger partial charge in [-0.2, -0.15) is 5.26 Å². The molecule has 0 aliphatic heterocycles. The smallest absolute Gasteiger partial charge is 0.269 e. The molecule has 0 aliphatic rings. The van der Waals surface area contributed by atoms with Gasteiger partial charge in [-0.25, -0.2) is 13.2 Å². The zero-order chi connectivity index (χ0) is 15.3. The number of nitrogens with one attached hydrogen (secondary N) is 1. The third-order valence-corrected chi connectivity index (χ3v) is 3.88. The van der Waals surface area contributed by atoms with Gasteiger partial charge in [0.15, 0.2) is 11.6 Å². The minimum Gasteiger partial charge on any atom is -0.598 e. The second-order valence-corrected chi connectivity index (χ2v) is 7.24. The minimum atomic E-state index is -3.01. The minimum absolute atomic E-state index is 0.469. The highest BCUT2D eigenvalue weighted by Crippen LogP contribution is 2.21. The van der Waals surface area contributed by atoms with Crippen LogP contribution in [0.4, 0.5) is 13.2 Å². The predicted molar refractivity (Wildman–Crippen MR) is 66.8 cm³/mol. The summed E-state index contributed by atoms with van der Waals surface area (Å²) in [5, 5.41) is 8.84. The molecular weight excluding hydrogens is 281 g/mol. The topological polar surface area (TPSA) is 68.1 Å². The number of alkyl halides is 3. The van der Waals surface area contributed by atoms with Crippen LogP contribution < -0.4 is 4.72 Å². The van der Waals surface area contributed by atoms with E-state index in [1.54, 1.807) is 26.8 Å². The summed E-state index contributed by atoms with van der Waals surface area (Å²) in [6, 6.07) is 0.693. The molecule has 0 radical (unpaired) electrons. The van der Waals surface area contributed by atoms with Gasteiger partial charge in [-0.1, -0.05) is 0 Å². The summed E-state index contributed by atoms with van der Waals surface area (Å²) >= 11 is -1.54. The number of hydrogen-bond donors (Lipinski definition) is 1. The molecule has 0 aromatic carbocycles. The highest BCUT2D eigenvalue weighted by atomic mass is 32.2. The van der Waals surface area contributed by atoms with Crippen molar-refractivity contribution in [3.05, 3.63) is 0 Å². The van der Waals surface area contributed by atoms with Crippen LogP contribution in [0.5, 0.6) is 0 Å². The van der Waals surface area contributed by atoms with Crippen molar-refractivity contribution in [1.29, 1.82) is 5.26 Å². The largest absolute Gasteiger partial charge is 0.598 e. The zero-order valence-electron chi connectivity index (χ0n) is 11.4. The Morgan fingerprint density at radius 3 is 2.21 bits per heavy atom. The van der Waals surface area contributed by atoms with Crippen molar-refractivity contribution < 1.29 is 22.5 Å². The quantitative estimate of drug-likeness (QED) is 0.730. The van der Waals surface area contributed by atoms with Crippen molar-refractivity contribution in [3.63, 3.8) is 0 Å². The Morgan fingerprint density at radius 2 is 1.89 bits per heavy atom. The van der Waals surface area contributed by atoms with E-state index in [4.69, 9.17) is 10.00 Å². The van der Waals surface area contributed by atoms with Gasteiger partial charge in [-0.05, 0) is 27.7 Å². The first-order chi connectivity index (χ1) is 8.56. The Kier molecular flexibility index (Phi) is 7.15. The highest BCUT2D eigenvalue weighted by Gasteiger charge is 2.38. The van der Waals surface area contributed by atoms with Gasteiger partial charge in [-0.15, -0.1) is 4.72 Å². The molecule has 4 nitrogen and oxygen atoms in total. The van der Waals surface area contributed by atoms with E-state index in [1.807, 2.05) is 0 Å². The molecule has 0 bridgehead atoms. The molecule has 0 heterocycles. The monoisotopic (exact) mass is 300 g/mol. The Hall–Kier alpha value is -0.490. The summed E-state index contributed by atoms with van der Waals surface area (Å²) in [4.78, 5) is 0. The van der Waals surface area contributed by atoms with E-state index in [-0.39, 0.29) is 0 Å². The number of halogens is 3. The van der Waals surface area contributed by atoms with Crippen LogP contribution in [0.2, 0.25) is 0 Å². The van der Waals surface area contributed by atoms with Gasteiger partial charge in [-0.3, -0.25) is 0 Å². The molecule has 0 aromatic heterocycles. The first-order valence-electron chi connectivity index (χ1n) is 5.62. The van der Waals surface area contributed by atoms with Crippen LogP contribution in [0.1, 0.15) is 27.7 Å². The lowest BCUT2D eigenvalue weighted by atomic mass is 10.1. The average Bonchev–Trinajstić information content (AvgIpc) is 2.32. The van der Waals surface area contributed by atoms with Crippen molar-refractivity contribution in [3.8, 4) is 6.07 Å². The van der Waals surface area contributed by atoms with Crippen LogP contribution >= 0.6 is 0 Å². The van der Waals surface area contributed by atoms with E-state index < -0.39 is 47.5 Å². The summed E-state index contributed by atoms with van der Waals surface area (Å²) in [5.74, 6) is 0. The summed E-state index contributed by atoms with van der Waals surface area (Å²) in [6.07, 6.45) is -3.01. The fourth-order valence-electron chi connectivity index (χ4n) is 0.837. The summed E-state index contributed by atoms with van der Waals surface area (Å²) in [6.45, 7) is 4.16. The standard InChI is InChI=1S/C11H19F3N2O2S/c1-10(2,3)19(17)16-8(5-15)6-18-11(4,7-12)9(13)14/h8-9,16H,6-7H2,1-4H3/t8-,11?,19?/m1/s1. The Bertz CT molecular complexity index is 320. The van der Waals surface area contributed by atoms with Crippen LogP contribution in [-0.2, 0) is 16.1 Å². The third-order valence-electron chi connectivity index (χ3n) is 2.27. The summed E-state index contributed by atoms with van der Waals surface area (Å²) in [7, 11) is 0. The molecule has 0 spiro atoms. The maximum absolute atomic E-state index is 12.6. The molecule has 8 heteroatoms. The molecule has 3 atom stereocenters. The molecule has 112 valence electrons. The van der Waals surface area contributed by atoms with Crippen LogP contribution in [0, 0.1) is 11.3 Å². The van der Waals surface area contributed by atoms with Gasteiger partial charge in [0.1, 0.15) is 11.4 Å². The molecule has 2 unspecified atom stereocenters. The van der Waals surface area contributed by atoms with Gasteiger partial charge >= 0.3 is 0 Å². The second-order valence-electron chi connectivity index (χ2n) is 5.24. The van der Waals surface area contributed by atoms with E-state index >= 15 is 0 Å². The first-order valence-corrected chi connectivity index (χ1v) is 6.77. The SMILES string of the molecule is CC(CF)(OC[C@@H](C#N)N[S+]([O-])C(C)(C)C)C(F)F. The molecule has 19 heavy (non-hydrogen) atoms. The Balaban J connectivity index is 4.48. The third kappa shape index (κ3) is 5.99. The van der Waals surface area contributed by atoms with Crippen molar-refractivity contribution >= 4 is 11.4 Å².